The topological polar surface area (TPSA) is 35.5 Å². The lowest BCUT2D eigenvalue weighted by atomic mass is 9.86. The molecule has 0 N–H and O–H groups in total. The molecular formula is C17H34O3. The van der Waals surface area contributed by atoms with Crippen LogP contribution in [0.5, 0.6) is 0 Å². The van der Waals surface area contributed by atoms with Crippen LogP contribution in [-0.4, -0.2) is 19.4 Å². The molecule has 2 atom stereocenters. The van der Waals surface area contributed by atoms with Gasteiger partial charge < -0.3 is 9.47 Å². The fraction of sp³-hybridized carbons (Fsp3) is 0.941. The van der Waals surface area contributed by atoms with Gasteiger partial charge in [0.25, 0.3) is 0 Å². The molecule has 0 saturated carbocycles. The highest BCUT2D eigenvalue weighted by atomic mass is 16.7. The summed E-state index contributed by atoms with van der Waals surface area (Å²) < 4.78 is 10.3. The van der Waals surface area contributed by atoms with Gasteiger partial charge in [-0.25, -0.2) is 4.79 Å². The van der Waals surface area contributed by atoms with Gasteiger partial charge in [0.1, 0.15) is 0 Å². The van der Waals surface area contributed by atoms with Gasteiger partial charge in [0, 0.05) is 0 Å². The van der Waals surface area contributed by atoms with Gasteiger partial charge in [-0.05, 0) is 35.5 Å². The number of ether oxygens (including phenoxy) is 2. The smallest absolute Gasteiger partial charge is 0.434 e. The van der Waals surface area contributed by atoms with Gasteiger partial charge in [-0.1, -0.05) is 55.4 Å². The second-order valence-electron chi connectivity index (χ2n) is 8.61. The van der Waals surface area contributed by atoms with Crippen molar-refractivity contribution in [2.24, 2.45) is 22.7 Å². The number of carbonyl (C=O) groups excluding carboxylic acids is 1. The standard InChI is InChI=1S/C17H34O3/c1-13(9-16(3,4)5)11-19-15(18)20-12-14(2)10-17(6,7)8/h13-14H,9-12H2,1-8H3. The van der Waals surface area contributed by atoms with E-state index in [1.807, 2.05) is 0 Å². The van der Waals surface area contributed by atoms with E-state index < -0.39 is 6.16 Å². The lowest BCUT2D eigenvalue weighted by molar-refractivity contribution is 0.0299. The highest BCUT2D eigenvalue weighted by molar-refractivity contribution is 5.59. The summed E-state index contributed by atoms with van der Waals surface area (Å²) in [6.45, 7) is 18.2. The second-order valence-corrected chi connectivity index (χ2v) is 8.61. The van der Waals surface area contributed by atoms with Crippen LogP contribution in [0.4, 0.5) is 4.79 Å². The van der Waals surface area contributed by atoms with Crippen LogP contribution >= 0.6 is 0 Å². The molecular weight excluding hydrogens is 252 g/mol. The lowest BCUT2D eigenvalue weighted by Gasteiger charge is -2.24. The summed E-state index contributed by atoms with van der Waals surface area (Å²) in [5.41, 5.74) is 0.516. The summed E-state index contributed by atoms with van der Waals surface area (Å²) in [6.07, 6.45) is 1.52. The quantitative estimate of drug-likeness (QED) is 0.623. The normalized spacial score (nSPS) is 15.6. The Labute approximate surface area is 125 Å². The Hall–Kier alpha value is -0.730. The molecule has 0 fully saturated rings. The first kappa shape index (κ1) is 19.3. The van der Waals surface area contributed by atoms with Crippen LogP contribution in [0.3, 0.4) is 0 Å². The molecule has 0 heterocycles. The van der Waals surface area contributed by atoms with Gasteiger partial charge in [0.2, 0.25) is 0 Å². The van der Waals surface area contributed by atoms with Gasteiger partial charge in [-0.15, -0.1) is 0 Å². The number of rotatable bonds is 6. The molecule has 0 amide bonds. The van der Waals surface area contributed by atoms with Gasteiger partial charge in [0.15, 0.2) is 0 Å². The molecule has 2 unspecified atom stereocenters. The van der Waals surface area contributed by atoms with Crippen molar-refractivity contribution in [2.75, 3.05) is 13.2 Å². The van der Waals surface area contributed by atoms with Crippen molar-refractivity contribution in [1.29, 1.82) is 0 Å². The molecule has 0 aliphatic rings. The van der Waals surface area contributed by atoms with Crippen molar-refractivity contribution in [3.8, 4) is 0 Å². The molecule has 0 rings (SSSR count). The number of hydrogen-bond donors (Lipinski definition) is 0. The van der Waals surface area contributed by atoms with Crippen molar-refractivity contribution in [3.63, 3.8) is 0 Å². The highest BCUT2D eigenvalue weighted by Gasteiger charge is 2.19. The summed E-state index contributed by atoms with van der Waals surface area (Å²) >= 11 is 0. The SMILES string of the molecule is CC(COC(=O)OCC(C)CC(C)(C)C)CC(C)(C)C. The zero-order valence-corrected chi connectivity index (χ0v) is 14.7. The zero-order chi connectivity index (χ0) is 16.0. The molecule has 0 spiro atoms. The molecule has 3 heteroatoms. The van der Waals surface area contributed by atoms with E-state index in [-0.39, 0.29) is 10.8 Å². The van der Waals surface area contributed by atoms with Crippen molar-refractivity contribution in [1.82, 2.24) is 0 Å². The van der Waals surface area contributed by atoms with E-state index in [9.17, 15) is 4.79 Å². The first-order valence-electron chi connectivity index (χ1n) is 7.68. The average Bonchev–Trinajstić information content (AvgIpc) is 2.18. The van der Waals surface area contributed by atoms with E-state index in [1.165, 1.54) is 0 Å². The van der Waals surface area contributed by atoms with Crippen LogP contribution in [0.15, 0.2) is 0 Å². The third-order valence-electron chi connectivity index (χ3n) is 2.89. The van der Waals surface area contributed by atoms with Crippen LogP contribution in [0.1, 0.15) is 68.2 Å². The van der Waals surface area contributed by atoms with Gasteiger partial charge in [-0.3, -0.25) is 0 Å². The molecule has 0 saturated heterocycles. The van der Waals surface area contributed by atoms with E-state index >= 15 is 0 Å². The first-order chi connectivity index (χ1) is 8.89. The molecule has 0 aromatic rings. The maximum Gasteiger partial charge on any atom is 0.508 e. The Kier molecular flexibility index (Phi) is 7.61. The summed E-state index contributed by atoms with van der Waals surface area (Å²) in [5, 5.41) is 0. The van der Waals surface area contributed by atoms with Crippen molar-refractivity contribution >= 4 is 6.16 Å². The van der Waals surface area contributed by atoms with Crippen LogP contribution < -0.4 is 0 Å². The molecule has 0 aromatic carbocycles. The van der Waals surface area contributed by atoms with Gasteiger partial charge >= 0.3 is 6.16 Å². The first-order valence-corrected chi connectivity index (χ1v) is 7.68. The Morgan fingerprint density at radius 1 is 0.800 bits per heavy atom. The maximum absolute atomic E-state index is 11.5. The van der Waals surface area contributed by atoms with Gasteiger partial charge in [-0.2, -0.15) is 0 Å². The third kappa shape index (κ3) is 12.3. The zero-order valence-electron chi connectivity index (χ0n) is 14.7. The minimum Gasteiger partial charge on any atom is -0.434 e. The predicted octanol–water partition coefficient (Wildman–Crippen LogP) is 5.28. The number of carbonyl (C=O) groups is 1. The number of hydrogen-bond acceptors (Lipinski definition) is 3. The maximum atomic E-state index is 11.5. The molecule has 0 aliphatic heterocycles. The summed E-state index contributed by atoms with van der Waals surface area (Å²) in [6, 6.07) is 0. The van der Waals surface area contributed by atoms with Gasteiger partial charge in [0.05, 0.1) is 13.2 Å². The predicted molar refractivity (Wildman–Crippen MR) is 83.8 cm³/mol. The van der Waals surface area contributed by atoms with E-state index in [4.69, 9.17) is 9.47 Å². The summed E-state index contributed by atoms with van der Waals surface area (Å²) in [7, 11) is 0. The minimum absolute atomic E-state index is 0.258. The van der Waals surface area contributed by atoms with Crippen LogP contribution in [0.25, 0.3) is 0 Å². The largest absolute Gasteiger partial charge is 0.508 e. The fourth-order valence-corrected chi connectivity index (χ4v) is 2.67. The Morgan fingerprint density at radius 2 is 1.10 bits per heavy atom. The Balaban J connectivity index is 3.84. The summed E-state index contributed by atoms with van der Waals surface area (Å²) in [4.78, 5) is 11.5. The van der Waals surface area contributed by atoms with E-state index in [2.05, 4.69) is 55.4 Å². The van der Waals surface area contributed by atoms with E-state index in [0.29, 0.717) is 25.0 Å². The van der Waals surface area contributed by atoms with Crippen LogP contribution in [0, 0.1) is 22.7 Å². The van der Waals surface area contributed by atoms with Crippen LogP contribution in [0.2, 0.25) is 0 Å². The third-order valence-corrected chi connectivity index (χ3v) is 2.89. The van der Waals surface area contributed by atoms with Crippen molar-refractivity contribution in [3.05, 3.63) is 0 Å². The average molecular weight is 286 g/mol. The molecule has 120 valence electrons. The lowest BCUT2D eigenvalue weighted by Crippen LogP contribution is -2.21. The molecule has 0 aliphatic carbocycles. The van der Waals surface area contributed by atoms with Crippen LogP contribution in [-0.2, 0) is 9.47 Å². The molecule has 3 nitrogen and oxygen atoms in total. The highest BCUT2D eigenvalue weighted by Crippen LogP contribution is 2.25. The second kappa shape index (κ2) is 7.90. The Morgan fingerprint density at radius 3 is 1.35 bits per heavy atom. The Bertz CT molecular complexity index is 256. The molecule has 0 bridgehead atoms. The van der Waals surface area contributed by atoms with Crippen molar-refractivity contribution in [2.45, 2.75) is 68.2 Å². The molecule has 0 radical (unpaired) electrons. The summed E-state index contributed by atoms with van der Waals surface area (Å²) in [5.74, 6) is 0.712. The van der Waals surface area contributed by atoms with Crippen molar-refractivity contribution < 1.29 is 14.3 Å². The molecule has 20 heavy (non-hydrogen) atoms. The molecule has 0 aromatic heterocycles. The fourth-order valence-electron chi connectivity index (χ4n) is 2.67. The monoisotopic (exact) mass is 286 g/mol. The van der Waals surface area contributed by atoms with E-state index in [1.54, 1.807) is 0 Å². The minimum atomic E-state index is -0.536. The van der Waals surface area contributed by atoms with E-state index in [0.717, 1.165) is 12.8 Å².